The molecule has 0 aliphatic rings. The summed E-state index contributed by atoms with van der Waals surface area (Å²) in [7, 11) is 0. The Morgan fingerprint density at radius 2 is 2.10 bits per heavy atom. The van der Waals surface area contributed by atoms with Gasteiger partial charge in [-0.3, -0.25) is 0 Å². The van der Waals surface area contributed by atoms with Crippen molar-refractivity contribution < 1.29 is 27.8 Å². The Labute approximate surface area is 120 Å². The van der Waals surface area contributed by atoms with Crippen LogP contribution >= 0.6 is 0 Å². The van der Waals surface area contributed by atoms with E-state index >= 15 is 0 Å². The molecule has 7 heteroatoms. The third kappa shape index (κ3) is 5.85. The first kappa shape index (κ1) is 17.0. The second-order valence-electron chi connectivity index (χ2n) is 4.79. The predicted molar refractivity (Wildman–Crippen MR) is 70.9 cm³/mol. The molecular formula is C14H16F3NO3. The van der Waals surface area contributed by atoms with Crippen molar-refractivity contribution >= 4 is 12.0 Å². The summed E-state index contributed by atoms with van der Waals surface area (Å²) in [6.07, 6.45) is -1.95. The molecule has 1 rings (SSSR count). The lowest BCUT2D eigenvalue weighted by atomic mass is 10.1. The Hall–Kier alpha value is -2.05. The monoisotopic (exact) mass is 303 g/mol. The van der Waals surface area contributed by atoms with E-state index < -0.39 is 17.8 Å². The molecule has 116 valence electrons. The average Bonchev–Trinajstić information content (AvgIpc) is 2.35. The van der Waals surface area contributed by atoms with Crippen LogP contribution in [0.5, 0.6) is 5.88 Å². The lowest BCUT2D eigenvalue weighted by Crippen LogP contribution is -2.11. The van der Waals surface area contributed by atoms with Crippen molar-refractivity contribution in [2.45, 2.75) is 26.4 Å². The minimum absolute atomic E-state index is 0.189. The Kier molecular flexibility index (Phi) is 5.75. The molecule has 0 saturated heterocycles. The number of rotatable bonds is 6. The van der Waals surface area contributed by atoms with Crippen LogP contribution in [0.4, 0.5) is 13.2 Å². The largest absolute Gasteiger partial charge is 0.478 e. The van der Waals surface area contributed by atoms with Crippen LogP contribution in [0.3, 0.4) is 0 Å². The van der Waals surface area contributed by atoms with Gasteiger partial charge in [-0.25, -0.2) is 9.78 Å². The maximum atomic E-state index is 12.6. The fraction of sp³-hybridized carbons (Fsp3) is 0.429. The van der Waals surface area contributed by atoms with E-state index in [1.807, 2.05) is 13.8 Å². The molecule has 21 heavy (non-hydrogen) atoms. The molecule has 0 fully saturated rings. The Morgan fingerprint density at radius 3 is 2.62 bits per heavy atom. The van der Waals surface area contributed by atoms with Crippen molar-refractivity contribution in [1.29, 1.82) is 0 Å². The van der Waals surface area contributed by atoms with Crippen LogP contribution in [0.2, 0.25) is 0 Å². The van der Waals surface area contributed by atoms with Crippen LogP contribution in [0.15, 0.2) is 18.2 Å². The van der Waals surface area contributed by atoms with Crippen molar-refractivity contribution in [2.75, 3.05) is 6.61 Å². The Bertz CT molecular complexity index is 525. The lowest BCUT2D eigenvalue weighted by Gasteiger charge is -2.12. The van der Waals surface area contributed by atoms with Crippen LogP contribution in [0.25, 0.3) is 6.08 Å². The number of carbonyl (C=O) groups is 1. The van der Waals surface area contributed by atoms with Gasteiger partial charge in [0, 0.05) is 11.6 Å². The number of aromatic nitrogens is 1. The van der Waals surface area contributed by atoms with Gasteiger partial charge in [-0.15, -0.1) is 0 Å². The van der Waals surface area contributed by atoms with E-state index in [0.29, 0.717) is 12.3 Å². The first-order valence-corrected chi connectivity index (χ1v) is 6.32. The second-order valence-corrected chi connectivity index (χ2v) is 4.79. The average molecular weight is 303 g/mol. The van der Waals surface area contributed by atoms with E-state index in [1.54, 1.807) is 0 Å². The highest BCUT2D eigenvalue weighted by atomic mass is 19.4. The van der Waals surface area contributed by atoms with E-state index in [2.05, 4.69) is 4.98 Å². The summed E-state index contributed by atoms with van der Waals surface area (Å²) in [5, 5.41) is 8.57. The molecule has 0 bridgehead atoms. The van der Waals surface area contributed by atoms with Crippen LogP contribution in [0.1, 0.15) is 31.5 Å². The molecule has 0 saturated carbocycles. The normalized spacial score (nSPS) is 12.1. The topological polar surface area (TPSA) is 59.4 Å². The van der Waals surface area contributed by atoms with E-state index in [9.17, 15) is 18.0 Å². The molecule has 0 atom stereocenters. The number of carboxylic acid groups (broad SMARTS) is 1. The van der Waals surface area contributed by atoms with Crippen molar-refractivity contribution in [2.24, 2.45) is 5.92 Å². The Balaban J connectivity index is 3.03. The number of pyridine rings is 1. The molecule has 1 heterocycles. The molecule has 0 aliphatic heterocycles. The smallest absolute Gasteiger partial charge is 0.433 e. The molecule has 1 N–H and O–H groups in total. The maximum absolute atomic E-state index is 12.6. The third-order valence-corrected chi connectivity index (χ3v) is 2.52. The molecule has 0 radical (unpaired) electrons. The lowest BCUT2D eigenvalue weighted by molar-refractivity contribution is -0.141. The van der Waals surface area contributed by atoms with Gasteiger partial charge in [0.15, 0.2) is 0 Å². The Morgan fingerprint density at radius 1 is 1.43 bits per heavy atom. The van der Waals surface area contributed by atoms with Gasteiger partial charge in [0.2, 0.25) is 5.88 Å². The number of hydrogen-bond donors (Lipinski definition) is 1. The predicted octanol–water partition coefficient (Wildman–Crippen LogP) is 3.62. The summed E-state index contributed by atoms with van der Waals surface area (Å²) in [5.41, 5.74) is -0.885. The summed E-state index contributed by atoms with van der Waals surface area (Å²) >= 11 is 0. The van der Waals surface area contributed by atoms with Gasteiger partial charge < -0.3 is 9.84 Å². The van der Waals surface area contributed by atoms with Gasteiger partial charge in [0.25, 0.3) is 0 Å². The van der Waals surface area contributed by atoms with Crippen LogP contribution in [0, 0.1) is 5.92 Å². The molecule has 4 nitrogen and oxygen atoms in total. The number of halogens is 3. The summed E-state index contributed by atoms with van der Waals surface area (Å²) in [6.45, 7) is 4.11. The van der Waals surface area contributed by atoms with E-state index in [-0.39, 0.29) is 18.1 Å². The molecular weight excluding hydrogens is 287 g/mol. The third-order valence-electron chi connectivity index (χ3n) is 2.52. The van der Waals surface area contributed by atoms with Crippen LogP contribution in [-0.2, 0) is 11.0 Å². The first-order valence-electron chi connectivity index (χ1n) is 6.32. The zero-order valence-electron chi connectivity index (χ0n) is 11.6. The molecule has 1 aromatic heterocycles. The van der Waals surface area contributed by atoms with Gasteiger partial charge in [-0.05, 0) is 30.5 Å². The number of ether oxygens (including phenoxy) is 1. The number of alkyl halides is 3. The van der Waals surface area contributed by atoms with E-state index in [4.69, 9.17) is 9.84 Å². The summed E-state index contributed by atoms with van der Waals surface area (Å²) < 4.78 is 43.2. The van der Waals surface area contributed by atoms with Crippen molar-refractivity contribution in [3.05, 3.63) is 29.5 Å². The van der Waals surface area contributed by atoms with E-state index in [1.165, 1.54) is 0 Å². The quantitative estimate of drug-likeness (QED) is 0.815. The van der Waals surface area contributed by atoms with Crippen molar-refractivity contribution in [3.8, 4) is 5.88 Å². The number of aliphatic carboxylic acids is 1. The fourth-order valence-corrected chi connectivity index (χ4v) is 1.40. The minimum Gasteiger partial charge on any atom is -0.478 e. The van der Waals surface area contributed by atoms with E-state index in [0.717, 1.165) is 24.3 Å². The molecule has 0 unspecified atom stereocenters. The standard InChI is InChI=1S/C14H16F3NO3/c1-9(2)7-8-21-13-10(4-6-12(19)20)3-5-11(18-13)14(15,16)17/h3-6,9H,7-8H2,1-2H3,(H,19,20). The van der Waals surface area contributed by atoms with Gasteiger partial charge in [0.1, 0.15) is 5.69 Å². The maximum Gasteiger partial charge on any atom is 0.433 e. The van der Waals surface area contributed by atoms with Gasteiger partial charge >= 0.3 is 12.1 Å². The molecule has 0 aromatic carbocycles. The van der Waals surface area contributed by atoms with Crippen molar-refractivity contribution in [1.82, 2.24) is 4.98 Å². The van der Waals surface area contributed by atoms with Gasteiger partial charge in [-0.2, -0.15) is 13.2 Å². The SMILES string of the molecule is CC(C)CCOc1nc(C(F)(F)F)ccc1C=CC(=O)O. The molecule has 1 aromatic rings. The highest BCUT2D eigenvalue weighted by molar-refractivity contribution is 5.85. The first-order chi connectivity index (χ1) is 9.70. The van der Waals surface area contributed by atoms with Crippen molar-refractivity contribution in [3.63, 3.8) is 0 Å². The minimum atomic E-state index is -4.58. The summed E-state index contributed by atoms with van der Waals surface area (Å²) in [6, 6.07) is 1.93. The molecule has 0 spiro atoms. The molecule has 0 aliphatic carbocycles. The summed E-state index contributed by atoms with van der Waals surface area (Å²) in [4.78, 5) is 13.9. The van der Waals surface area contributed by atoms with Crippen LogP contribution in [-0.4, -0.2) is 22.7 Å². The second kappa shape index (κ2) is 7.10. The highest BCUT2D eigenvalue weighted by Crippen LogP contribution is 2.30. The number of hydrogen-bond acceptors (Lipinski definition) is 3. The van der Waals surface area contributed by atoms with Gasteiger partial charge in [-0.1, -0.05) is 13.8 Å². The highest BCUT2D eigenvalue weighted by Gasteiger charge is 2.33. The molecule has 0 amide bonds. The summed E-state index contributed by atoms with van der Waals surface area (Å²) in [5.74, 6) is -1.10. The zero-order chi connectivity index (χ0) is 16.0. The number of nitrogens with zero attached hydrogens (tertiary/aromatic N) is 1. The number of carboxylic acids is 1. The van der Waals surface area contributed by atoms with Gasteiger partial charge in [0.05, 0.1) is 6.61 Å². The fourth-order valence-electron chi connectivity index (χ4n) is 1.40. The van der Waals surface area contributed by atoms with Crippen LogP contribution < -0.4 is 4.74 Å². The zero-order valence-corrected chi connectivity index (χ0v) is 11.6.